The Morgan fingerprint density at radius 1 is 1.50 bits per heavy atom. The number of halogens is 1. The summed E-state index contributed by atoms with van der Waals surface area (Å²) in [7, 11) is 1.61. The van der Waals surface area contributed by atoms with Crippen LogP contribution in [0.15, 0.2) is 12.1 Å². The average Bonchev–Trinajstić information content (AvgIpc) is 2.28. The summed E-state index contributed by atoms with van der Waals surface area (Å²) in [4.78, 5) is 0. The molecule has 1 aromatic carbocycles. The zero-order valence-corrected chi connectivity index (χ0v) is 10.3. The van der Waals surface area contributed by atoms with Gasteiger partial charge in [0.05, 0.1) is 18.9 Å². The van der Waals surface area contributed by atoms with Gasteiger partial charge in [-0.2, -0.15) is 5.26 Å². The van der Waals surface area contributed by atoms with Crippen LogP contribution in [0.25, 0.3) is 0 Å². The largest absolute Gasteiger partial charge is 0.495 e. The Bertz CT molecular complexity index is 399. The van der Waals surface area contributed by atoms with Crippen LogP contribution in [0.5, 0.6) is 5.75 Å². The van der Waals surface area contributed by atoms with E-state index in [1.165, 1.54) is 0 Å². The van der Waals surface area contributed by atoms with Gasteiger partial charge in [-0.1, -0.05) is 11.6 Å². The fourth-order valence-electron chi connectivity index (χ4n) is 1.36. The van der Waals surface area contributed by atoms with Crippen LogP contribution in [0.4, 0.5) is 5.69 Å². The summed E-state index contributed by atoms with van der Waals surface area (Å²) in [6.07, 6.45) is 1.38. The summed E-state index contributed by atoms with van der Waals surface area (Å²) in [5.41, 5.74) is 1.92. The van der Waals surface area contributed by atoms with E-state index in [4.69, 9.17) is 21.6 Å². The summed E-state index contributed by atoms with van der Waals surface area (Å²) in [5, 5.41) is 12.4. The number of hydrogen-bond acceptors (Lipinski definition) is 3. The molecule has 16 heavy (non-hydrogen) atoms. The normalized spacial score (nSPS) is 9.62. The Kier molecular flexibility index (Phi) is 4.94. The van der Waals surface area contributed by atoms with Gasteiger partial charge in [-0.3, -0.25) is 0 Å². The summed E-state index contributed by atoms with van der Waals surface area (Å²) in [6.45, 7) is 2.70. The van der Waals surface area contributed by atoms with Crippen LogP contribution in [0.3, 0.4) is 0 Å². The van der Waals surface area contributed by atoms with Gasteiger partial charge in [-0.25, -0.2) is 0 Å². The van der Waals surface area contributed by atoms with Crippen molar-refractivity contribution in [1.82, 2.24) is 0 Å². The molecule has 1 N–H and O–H groups in total. The first-order chi connectivity index (χ1) is 7.69. The van der Waals surface area contributed by atoms with E-state index in [-0.39, 0.29) is 0 Å². The molecule has 1 rings (SSSR count). The summed E-state index contributed by atoms with van der Waals surface area (Å²) in [6, 6.07) is 5.86. The molecule has 0 unspecified atom stereocenters. The Balaban J connectivity index is 2.71. The minimum atomic E-state index is 0.557. The number of methoxy groups -OCH3 is 1. The van der Waals surface area contributed by atoms with Gasteiger partial charge in [-0.05, 0) is 25.0 Å². The number of nitrogens with one attached hydrogen (secondary N) is 1. The molecule has 0 radical (unpaired) electrons. The van der Waals surface area contributed by atoms with Gasteiger partial charge in [-0.15, -0.1) is 0 Å². The van der Waals surface area contributed by atoms with Crippen LogP contribution in [0.2, 0.25) is 5.02 Å². The highest BCUT2D eigenvalue weighted by Crippen LogP contribution is 2.30. The third kappa shape index (κ3) is 3.32. The number of nitriles is 1. The zero-order valence-electron chi connectivity index (χ0n) is 9.51. The number of benzene rings is 1. The molecule has 86 valence electrons. The number of unbranched alkanes of at least 4 members (excludes halogenated alkanes) is 1. The molecular weight excluding hydrogens is 224 g/mol. The quantitative estimate of drug-likeness (QED) is 0.800. The Hall–Kier alpha value is -1.40. The van der Waals surface area contributed by atoms with Gasteiger partial charge in [0.2, 0.25) is 0 Å². The number of ether oxygens (including phenoxy) is 1. The monoisotopic (exact) mass is 238 g/mol. The third-order valence-electron chi connectivity index (χ3n) is 2.26. The van der Waals surface area contributed by atoms with Crippen molar-refractivity contribution < 1.29 is 4.74 Å². The maximum atomic E-state index is 8.42. The standard InChI is InChI=1S/C12H15ClN2O/c1-9-7-11(15-6-4-3-5-14)12(16-2)8-10(9)13/h7-8,15H,3-4,6H2,1-2H3. The summed E-state index contributed by atoms with van der Waals surface area (Å²) < 4.78 is 5.23. The molecule has 0 spiro atoms. The van der Waals surface area contributed by atoms with Gasteiger partial charge in [0.15, 0.2) is 0 Å². The van der Waals surface area contributed by atoms with E-state index in [1.807, 2.05) is 13.0 Å². The molecule has 0 aromatic heterocycles. The van der Waals surface area contributed by atoms with Crippen molar-refractivity contribution in [3.05, 3.63) is 22.7 Å². The summed E-state index contributed by atoms with van der Waals surface area (Å²) >= 11 is 6.00. The average molecular weight is 239 g/mol. The molecule has 0 saturated carbocycles. The van der Waals surface area contributed by atoms with Crippen LogP contribution < -0.4 is 10.1 Å². The van der Waals surface area contributed by atoms with Crippen molar-refractivity contribution in [1.29, 1.82) is 5.26 Å². The number of nitrogens with zero attached hydrogens (tertiary/aromatic N) is 1. The highest BCUT2D eigenvalue weighted by atomic mass is 35.5. The predicted octanol–water partition coefficient (Wildman–Crippen LogP) is 3.37. The first-order valence-electron chi connectivity index (χ1n) is 5.14. The van der Waals surface area contributed by atoms with E-state index < -0.39 is 0 Å². The lowest BCUT2D eigenvalue weighted by Gasteiger charge is -2.12. The van der Waals surface area contributed by atoms with Gasteiger partial charge in [0.25, 0.3) is 0 Å². The second kappa shape index (κ2) is 6.24. The lowest BCUT2D eigenvalue weighted by Crippen LogP contribution is -2.03. The fraction of sp³-hybridized carbons (Fsp3) is 0.417. The van der Waals surface area contributed by atoms with Crippen molar-refractivity contribution in [2.24, 2.45) is 0 Å². The smallest absolute Gasteiger partial charge is 0.143 e. The van der Waals surface area contributed by atoms with Crippen LogP contribution in [-0.4, -0.2) is 13.7 Å². The Labute approximate surface area is 101 Å². The second-order valence-electron chi connectivity index (χ2n) is 3.49. The fourth-order valence-corrected chi connectivity index (χ4v) is 1.51. The number of anilines is 1. The van der Waals surface area contributed by atoms with Crippen LogP contribution in [0, 0.1) is 18.3 Å². The van der Waals surface area contributed by atoms with Crippen LogP contribution in [-0.2, 0) is 0 Å². The third-order valence-corrected chi connectivity index (χ3v) is 2.67. The van der Waals surface area contributed by atoms with Crippen molar-refractivity contribution >= 4 is 17.3 Å². The number of hydrogen-bond donors (Lipinski definition) is 1. The van der Waals surface area contributed by atoms with Crippen LogP contribution in [0.1, 0.15) is 18.4 Å². The second-order valence-corrected chi connectivity index (χ2v) is 3.90. The van der Waals surface area contributed by atoms with Crippen molar-refractivity contribution in [2.75, 3.05) is 19.0 Å². The van der Waals surface area contributed by atoms with Gasteiger partial charge in [0.1, 0.15) is 5.75 Å². The molecule has 0 bridgehead atoms. The van der Waals surface area contributed by atoms with E-state index in [0.29, 0.717) is 11.4 Å². The molecule has 0 fully saturated rings. The highest BCUT2D eigenvalue weighted by Gasteiger charge is 2.05. The van der Waals surface area contributed by atoms with Gasteiger partial charge in [0, 0.05) is 24.1 Å². The maximum absolute atomic E-state index is 8.42. The summed E-state index contributed by atoms with van der Waals surface area (Å²) in [5.74, 6) is 0.729. The zero-order chi connectivity index (χ0) is 12.0. The molecule has 0 heterocycles. The highest BCUT2D eigenvalue weighted by molar-refractivity contribution is 6.31. The first-order valence-corrected chi connectivity index (χ1v) is 5.51. The van der Waals surface area contributed by atoms with Crippen LogP contribution >= 0.6 is 11.6 Å². The number of rotatable bonds is 5. The Morgan fingerprint density at radius 3 is 2.88 bits per heavy atom. The molecule has 0 aliphatic carbocycles. The Morgan fingerprint density at radius 2 is 2.25 bits per heavy atom. The molecule has 1 aromatic rings. The van der Waals surface area contributed by atoms with Crippen molar-refractivity contribution in [3.8, 4) is 11.8 Å². The molecule has 3 nitrogen and oxygen atoms in total. The van der Waals surface area contributed by atoms with Crippen molar-refractivity contribution in [2.45, 2.75) is 19.8 Å². The molecule has 0 aliphatic heterocycles. The van der Waals surface area contributed by atoms with E-state index >= 15 is 0 Å². The minimum absolute atomic E-state index is 0.557. The molecule has 0 saturated heterocycles. The van der Waals surface area contributed by atoms with Crippen molar-refractivity contribution in [3.63, 3.8) is 0 Å². The molecular formula is C12H15ClN2O. The minimum Gasteiger partial charge on any atom is -0.495 e. The topological polar surface area (TPSA) is 45.0 Å². The van der Waals surface area contributed by atoms with E-state index in [0.717, 1.165) is 30.0 Å². The molecule has 4 heteroatoms. The van der Waals surface area contributed by atoms with E-state index in [2.05, 4.69) is 11.4 Å². The molecule has 0 aliphatic rings. The van der Waals surface area contributed by atoms with Gasteiger partial charge < -0.3 is 10.1 Å². The maximum Gasteiger partial charge on any atom is 0.143 e. The van der Waals surface area contributed by atoms with Gasteiger partial charge >= 0.3 is 0 Å². The predicted molar refractivity (Wildman–Crippen MR) is 66.1 cm³/mol. The molecule has 0 atom stereocenters. The van der Waals surface area contributed by atoms with E-state index in [1.54, 1.807) is 13.2 Å². The SMILES string of the molecule is COc1cc(Cl)c(C)cc1NCCCC#N. The number of aryl methyl sites for hydroxylation is 1. The van der Waals surface area contributed by atoms with E-state index in [9.17, 15) is 0 Å². The first kappa shape index (κ1) is 12.7. The molecule has 0 amide bonds. The lowest BCUT2D eigenvalue weighted by molar-refractivity contribution is 0.416. The lowest BCUT2D eigenvalue weighted by atomic mass is 10.2.